The zero-order valence-electron chi connectivity index (χ0n) is 24.8. The van der Waals surface area contributed by atoms with E-state index in [1.54, 1.807) is 0 Å². The van der Waals surface area contributed by atoms with Crippen LogP contribution in [0.2, 0.25) is 0 Å². The predicted octanol–water partition coefficient (Wildman–Crippen LogP) is 8.75. The molecule has 0 bridgehead atoms. The summed E-state index contributed by atoms with van der Waals surface area (Å²) in [4.78, 5) is 7.30. The number of hydrogen-bond acceptors (Lipinski definition) is 3. The maximum absolute atomic E-state index is 5.72. The molecule has 1 aliphatic heterocycles. The highest BCUT2D eigenvalue weighted by Crippen LogP contribution is 2.64. The van der Waals surface area contributed by atoms with E-state index >= 15 is 0 Å². The molecule has 3 heterocycles. The van der Waals surface area contributed by atoms with Gasteiger partial charge in [-0.15, -0.1) is 0 Å². The minimum atomic E-state index is -0.378. The second-order valence-electron chi connectivity index (χ2n) is 12.0. The van der Waals surface area contributed by atoms with Crippen LogP contribution in [0.15, 0.2) is 152 Å². The number of fused-ring (bicyclic) bond motifs is 13. The molecule has 1 spiro atoms. The molecule has 2 aromatic heterocycles. The number of aromatic nitrogens is 2. The van der Waals surface area contributed by atoms with Crippen LogP contribution >= 0.6 is 0 Å². The van der Waals surface area contributed by atoms with Crippen molar-refractivity contribution < 1.29 is 0 Å². The smallest absolute Gasteiger partial charge is 0.133 e. The highest BCUT2D eigenvalue weighted by Gasteiger charge is 2.57. The minimum absolute atomic E-state index is 0.0908. The fourth-order valence-electron chi connectivity index (χ4n) is 8.36. The molecule has 216 valence electrons. The van der Waals surface area contributed by atoms with Crippen LogP contribution in [0.4, 0.5) is 11.5 Å². The molecule has 0 amide bonds. The Balaban J connectivity index is 1.41. The lowest BCUT2D eigenvalue weighted by Gasteiger charge is -2.52. The molecular formula is C41H32N4. The van der Waals surface area contributed by atoms with Crippen LogP contribution < -0.4 is 10.6 Å². The van der Waals surface area contributed by atoms with E-state index < -0.39 is 0 Å². The Labute approximate surface area is 262 Å². The van der Waals surface area contributed by atoms with Crippen LogP contribution in [0.25, 0.3) is 39.1 Å². The van der Waals surface area contributed by atoms with Crippen LogP contribution in [0, 0.1) is 5.92 Å². The first-order valence-electron chi connectivity index (χ1n) is 15.7. The molecule has 3 unspecified atom stereocenters. The van der Waals surface area contributed by atoms with Crippen molar-refractivity contribution in [3.8, 4) is 11.1 Å². The number of hydrogen-bond donors (Lipinski definition) is 1. The molecule has 3 atom stereocenters. The molecule has 0 radical (unpaired) electrons. The van der Waals surface area contributed by atoms with E-state index in [-0.39, 0.29) is 17.4 Å². The maximum atomic E-state index is 5.72. The van der Waals surface area contributed by atoms with Crippen molar-refractivity contribution in [2.45, 2.75) is 11.5 Å². The maximum Gasteiger partial charge on any atom is 0.133 e. The predicted molar refractivity (Wildman–Crippen MR) is 187 cm³/mol. The van der Waals surface area contributed by atoms with Gasteiger partial charge in [-0.1, -0.05) is 109 Å². The molecule has 4 heteroatoms. The van der Waals surface area contributed by atoms with Gasteiger partial charge in [0.25, 0.3) is 0 Å². The van der Waals surface area contributed by atoms with E-state index in [9.17, 15) is 0 Å². The van der Waals surface area contributed by atoms with Gasteiger partial charge in [0.05, 0.1) is 22.5 Å². The minimum Gasteiger partial charge on any atom is -0.327 e. The second kappa shape index (κ2) is 10.0. The standard InChI is InChI=1S/C41H32N4/c42-25-11-1-13-27-44-34-19-7-3-15-29(34)40-37(44)24-23-33-39(40)28-14-2-4-16-30(28)41(33)31-17-5-8-20-35(31)45(38-22-10-12-26-43-38)36-21-9-6-18-32(36)41/h1-24,26-27,31,35H,25,42H2/b11-1-,27-13+. The zero-order valence-corrected chi connectivity index (χ0v) is 24.8. The van der Waals surface area contributed by atoms with E-state index in [1.165, 1.54) is 55.3 Å². The van der Waals surface area contributed by atoms with Crippen molar-refractivity contribution in [1.29, 1.82) is 0 Å². The van der Waals surface area contributed by atoms with Crippen molar-refractivity contribution >= 4 is 39.5 Å². The first kappa shape index (κ1) is 26.0. The Morgan fingerprint density at radius 2 is 1.53 bits per heavy atom. The van der Waals surface area contributed by atoms with Crippen molar-refractivity contribution in [3.05, 3.63) is 169 Å². The van der Waals surface area contributed by atoms with Crippen molar-refractivity contribution in [1.82, 2.24) is 9.55 Å². The molecule has 2 aliphatic carbocycles. The number of rotatable bonds is 4. The lowest BCUT2D eigenvalue weighted by molar-refractivity contribution is 0.391. The van der Waals surface area contributed by atoms with E-state index in [1.807, 2.05) is 24.4 Å². The normalized spacial score (nSPS) is 21.2. The summed E-state index contributed by atoms with van der Waals surface area (Å²) in [7, 11) is 0. The molecule has 4 nitrogen and oxygen atoms in total. The van der Waals surface area contributed by atoms with Crippen molar-refractivity contribution in [3.63, 3.8) is 0 Å². The molecule has 0 saturated heterocycles. The molecule has 9 rings (SSSR count). The third kappa shape index (κ3) is 3.49. The third-order valence-corrected chi connectivity index (χ3v) is 9.93. The van der Waals surface area contributed by atoms with Gasteiger partial charge < -0.3 is 15.2 Å². The molecule has 3 aliphatic rings. The monoisotopic (exact) mass is 580 g/mol. The summed E-state index contributed by atoms with van der Waals surface area (Å²) in [5.74, 6) is 1.11. The molecule has 4 aromatic carbocycles. The van der Waals surface area contributed by atoms with Gasteiger partial charge in [-0.25, -0.2) is 4.98 Å². The third-order valence-electron chi connectivity index (χ3n) is 9.93. The van der Waals surface area contributed by atoms with Gasteiger partial charge >= 0.3 is 0 Å². The lowest BCUT2D eigenvalue weighted by Crippen LogP contribution is -2.52. The summed E-state index contributed by atoms with van der Waals surface area (Å²) < 4.78 is 2.32. The van der Waals surface area contributed by atoms with Gasteiger partial charge in [0.2, 0.25) is 0 Å². The molecule has 6 aromatic rings. The van der Waals surface area contributed by atoms with Crippen LogP contribution in [-0.4, -0.2) is 22.1 Å². The quantitative estimate of drug-likeness (QED) is 0.212. The fraction of sp³-hybridized carbons (Fsp3) is 0.0976. The van der Waals surface area contributed by atoms with Gasteiger partial charge in [0, 0.05) is 41.3 Å². The molecular weight excluding hydrogens is 548 g/mol. The van der Waals surface area contributed by atoms with Crippen LogP contribution in [0.1, 0.15) is 16.7 Å². The molecule has 45 heavy (non-hydrogen) atoms. The van der Waals surface area contributed by atoms with Gasteiger partial charge in [-0.2, -0.15) is 0 Å². The fourth-order valence-corrected chi connectivity index (χ4v) is 8.36. The number of anilines is 2. The van der Waals surface area contributed by atoms with Gasteiger partial charge in [0.15, 0.2) is 0 Å². The van der Waals surface area contributed by atoms with Crippen molar-refractivity contribution in [2.75, 3.05) is 11.4 Å². The van der Waals surface area contributed by atoms with Gasteiger partial charge in [-0.3, -0.25) is 0 Å². The van der Waals surface area contributed by atoms with Gasteiger partial charge in [-0.05, 0) is 64.2 Å². The Hall–Kier alpha value is -5.45. The average Bonchev–Trinajstić information content (AvgIpc) is 3.58. The largest absolute Gasteiger partial charge is 0.327 e. The van der Waals surface area contributed by atoms with E-state index in [2.05, 4.69) is 143 Å². The van der Waals surface area contributed by atoms with Crippen LogP contribution in [0.3, 0.4) is 0 Å². The number of allylic oxidation sites excluding steroid dienone is 4. The number of benzene rings is 4. The molecule has 0 saturated carbocycles. The average molecular weight is 581 g/mol. The summed E-state index contributed by atoms with van der Waals surface area (Å²) in [6.45, 7) is 0.523. The van der Waals surface area contributed by atoms with E-state index in [4.69, 9.17) is 10.7 Å². The van der Waals surface area contributed by atoms with Gasteiger partial charge in [0.1, 0.15) is 5.82 Å². The Kier molecular flexibility index (Phi) is 5.80. The lowest BCUT2D eigenvalue weighted by atomic mass is 9.58. The second-order valence-corrected chi connectivity index (χ2v) is 12.0. The van der Waals surface area contributed by atoms with Crippen LogP contribution in [0.5, 0.6) is 0 Å². The SMILES string of the molecule is NC/C=C\C=C\n1c2ccccc2c2c3c(ccc21)C1(c2ccccc2-3)c2ccccc2N(c2ccccn2)C2C=CC=CC21. The molecule has 2 N–H and O–H groups in total. The summed E-state index contributed by atoms with van der Waals surface area (Å²) in [6.07, 6.45) is 19.4. The summed E-state index contributed by atoms with van der Waals surface area (Å²) >= 11 is 0. The summed E-state index contributed by atoms with van der Waals surface area (Å²) in [6, 6.07) is 37.9. The van der Waals surface area contributed by atoms with E-state index in [0.717, 1.165) is 5.82 Å². The Morgan fingerprint density at radius 3 is 2.42 bits per heavy atom. The Bertz CT molecular complexity index is 2240. The first-order valence-corrected chi connectivity index (χ1v) is 15.7. The number of para-hydroxylation sites is 2. The highest BCUT2D eigenvalue weighted by molar-refractivity contribution is 6.18. The van der Waals surface area contributed by atoms with E-state index in [0.29, 0.717) is 6.54 Å². The zero-order chi connectivity index (χ0) is 30.0. The van der Waals surface area contributed by atoms with Crippen LogP contribution in [-0.2, 0) is 5.41 Å². The highest BCUT2D eigenvalue weighted by atomic mass is 15.2. The molecule has 0 fully saturated rings. The Morgan fingerprint density at radius 1 is 0.733 bits per heavy atom. The summed E-state index contributed by atoms with van der Waals surface area (Å²) in [5.41, 5.74) is 15.7. The van der Waals surface area contributed by atoms with Crippen molar-refractivity contribution in [2.24, 2.45) is 11.7 Å². The topological polar surface area (TPSA) is 47.1 Å². The summed E-state index contributed by atoms with van der Waals surface area (Å²) in [5, 5.41) is 2.56. The number of pyridine rings is 1. The number of nitrogens with two attached hydrogens (primary N) is 1. The first-order chi connectivity index (χ1) is 22.3. The number of nitrogens with zero attached hydrogens (tertiary/aromatic N) is 3.